The lowest BCUT2D eigenvalue weighted by molar-refractivity contribution is -0.122. The molecule has 0 aliphatic carbocycles. The number of likely N-dealkylation sites (N-methyl/N-ethyl adjacent to an activating group) is 1. The Kier molecular flexibility index (Phi) is 6.43. The molecular weight excluding hydrogens is 414 g/mol. The van der Waals surface area contributed by atoms with Crippen LogP contribution in [-0.2, 0) is 11.8 Å². The normalized spacial score (nSPS) is 15.5. The largest absolute Gasteiger partial charge is 0.358 e. The van der Waals surface area contributed by atoms with Crippen molar-refractivity contribution >= 4 is 16.8 Å². The van der Waals surface area contributed by atoms with Gasteiger partial charge in [0.2, 0.25) is 5.91 Å². The van der Waals surface area contributed by atoms with Crippen molar-refractivity contribution in [2.24, 2.45) is 7.05 Å². The maximum Gasteiger partial charge on any atom is 0.269 e. The molecule has 0 saturated carbocycles. The highest BCUT2D eigenvalue weighted by Gasteiger charge is 2.24. The fourth-order valence-electron chi connectivity index (χ4n) is 5.07. The Balaban J connectivity index is 1.71. The molecule has 0 radical (unpaired) electrons. The number of aromatic nitrogens is 3. The van der Waals surface area contributed by atoms with Crippen molar-refractivity contribution in [1.82, 2.24) is 25.0 Å². The zero-order valence-electron chi connectivity index (χ0n) is 20.6. The first-order chi connectivity index (χ1) is 15.7. The van der Waals surface area contributed by atoms with E-state index >= 15 is 0 Å². The number of nitrogens with zero attached hydrogens (tertiary/aromatic N) is 3. The van der Waals surface area contributed by atoms with E-state index < -0.39 is 0 Å². The molecule has 7 heteroatoms. The molecule has 1 saturated heterocycles. The van der Waals surface area contributed by atoms with Gasteiger partial charge in [-0.3, -0.25) is 14.5 Å². The number of hydrogen-bond donors (Lipinski definition) is 2. The quantitative estimate of drug-likeness (QED) is 0.624. The van der Waals surface area contributed by atoms with E-state index in [1.807, 2.05) is 13.8 Å². The number of aryl methyl sites for hydroxylation is 1. The summed E-state index contributed by atoms with van der Waals surface area (Å²) in [5.41, 5.74) is 7.17. The summed E-state index contributed by atoms with van der Waals surface area (Å²) in [6.07, 6.45) is 2.11. The lowest BCUT2D eigenvalue weighted by Crippen LogP contribution is -2.40. The molecule has 33 heavy (non-hydrogen) atoms. The fraction of sp³-hybridized carbons (Fsp3) is 0.500. The highest BCUT2D eigenvalue weighted by Crippen LogP contribution is 2.38. The van der Waals surface area contributed by atoms with Gasteiger partial charge in [-0.25, -0.2) is 4.68 Å². The Labute approximate surface area is 195 Å². The molecule has 7 nitrogen and oxygen atoms in total. The van der Waals surface area contributed by atoms with E-state index in [4.69, 9.17) is 0 Å². The molecule has 0 spiro atoms. The smallest absolute Gasteiger partial charge is 0.269 e. The molecule has 1 aliphatic heterocycles. The number of hydrogen-bond acceptors (Lipinski definition) is 4. The molecule has 0 unspecified atom stereocenters. The third kappa shape index (κ3) is 4.34. The minimum absolute atomic E-state index is 0.0523. The lowest BCUT2D eigenvalue weighted by Gasteiger charge is -2.31. The van der Waals surface area contributed by atoms with E-state index in [0.29, 0.717) is 18.4 Å². The van der Waals surface area contributed by atoms with Gasteiger partial charge in [0.1, 0.15) is 5.69 Å². The van der Waals surface area contributed by atoms with Gasteiger partial charge in [0.05, 0.1) is 12.2 Å². The average Bonchev–Trinajstić information content (AvgIpc) is 3.19. The second-order valence-electron chi connectivity index (χ2n) is 9.62. The first kappa shape index (κ1) is 23.2. The summed E-state index contributed by atoms with van der Waals surface area (Å²) in [5, 5.41) is 8.58. The molecule has 1 fully saturated rings. The minimum atomic E-state index is -0.0523. The van der Waals surface area contributed by atoms with Gasteiger partial charge in [-0.2, -0.15) is 5.10 Å². The van der Waals surface area contributed by atoms with Gasteiger partial charge in [-0.1, -0.05) is 19.9 Å². The summed E-state index contributed by atoms with van der Waals surface area (Å²) >= 11 is 0. The summed E-state index contributed by atoms with van der Waals surface area (Å²) in [6.45, 7) is 10.6. The molecule has 1 amide bonds. The van der Waals surface area contributed by atoms with Gasteiger partial charge in [-0.15, -0.1) is 0 Å². The van der Waals surface area contributed by atoms with Gasteiger partial charge in [0.15, 0.2) is 0 Å². The van der Waals surface area contributed by atoms with Crippen molar-refractivity contribution in [2.45, 2.75) is 52.4 Å². The molecule has 1 aliphatic rings. The van der Waals surface area contributed by atoms with Crippen molar-refractivity contribution < 1.29 is 4.79 Å². The van der Waals surface area contributed by atoms with E-state index in [1.165, 1.54) is 21.2 Å². The van der Waals surface area contributed by atoms with Crippen molar-refractivity contribution in [2.75, 3.05) is 26.7 Å². The number of carbonyl (C=O) groups is 1. The second-order valence-corrected chi connectivity index (χ2v) is 9.62. The predicted octanol–water partition coefficient (Wildman–Crippen LogP) is 3.59. The van der Waals surface area contributed by atoms with Crippen LogP contribution in [0.2, 0.25) is 0 Å². The number of carbonyl (C=O) groups excluding carboxylic acids is 1. The number of likely N-dealkylation sites (tertiary alicyclic amines) is 1. The summed E-state index contributed by atoms with van der Waals surface area (Å²) in [5.74, 6) is 0.874. The predicted molar refractivity (Wildman–Crippen MR) is 133 cm³/mol. The fourth-order valence-corrected chi connectivity index (χ4v) is 5.07. The van der Waals surface area contributed by atoms with Crippen molar-refractivity contribution in [3.63, 3.8) is 0 Å². The first-order valence-corrected chi connectivity index (χ1v) is 11.8. The number of benzene rings is 1. The zero-order chi connectivity index (χ0) is 23.9. The molecule has 4 rings (SSSR count). The van der Waals surface area contributed by atoms with Crippen LogP contribution >= 0.6 is 0 Å². The number of aromatic amines is 1. The van der Waals surface area contributed by atoms with Crippen LogP contribution in [0.5, 0.6) is 0 Å². The molecule has 0 bridgehead atoms. The third-order valence-electron chi connectivity index (χ3n) is 7.16. The summed E-state index contributed by atoms with van der Waals surface area (Å²) < 4.78 is 1.44. The van der Waals surface area contributed by atoms with E-state index in [0.717, 1.165) is 54.0 Å². The summed E-state index contributed by atoms with van der Waals surface area (Å²) in [6, 6.07) is 6.76. The Bertz CT molecular complexity index is 1250. The maximum atomic E-state index is 12.3. The van der Waals surface area contributed by atoms with E-state index in [2.05, 4.69) is 52.3 Å². The van der Waals surface area contributed by atoms with E-state index in [-0.39, 0.29) is 11.5 Å². The number of fused-ring (bicyclic) bond motifs is 1. The van der Waals surface area contributed by atoms with Crippen molar-refractivity contribution in [3.8, 4) is 11.4 Å². The molecule has 2 aromatic heterocycles. The van der Waals surface area contributed by atoms with Gasteiger partial charge < -0.3 is 10.3 Å². The Morgan fingerprint density at radius 3 is 2.55 bits per heavy atom. The average molecular weight is 450 g/mol. The number of nitrogens with one attached hydrogen (secondary N) is 2. The Hall–Kier alpha value is -2.93. The van der Waals surface area contributed by atoms with Gasteiger partial charge in [0.25, 0.3) is 5.56 Å². The van der Waals surface area contributed by atoms with Gasteiger partial charge >= 0.3 is 0 Å². The Morgan fingerprint density at radius 1 is 1.21 bits per heavy atom. The number of amides is 1. The van der Waals surface area contributed by atoms with Gasteiger partial charge in [-0.05, 0) is 80.4 Å². The standard InChI is InChI=1S/C26H35N5O2/c1-15(2)23-20-13-19(18-9-11-31(12-10-18)14-22(32)27-5)7-8-21(20)28-25(23)24-16(3)17(4)26(33)30(6)29-24/h7-8,13,15,18,28H,9-12,14H2,1-6H3,(H,27,32). The maximum absolute atomic E-state index is 12.3. The SMILES string of the molecule is CNC(=O)CN1CCC(c2ccc3[nH]c(-c4nn(C)c(=O)c(C)c4C)c(C(C)C)c3c2)CC1. The van der Waals surface area contributed by atoms with Crippen LogP contribution < -0.4 is 10.9 Å². The van der Waals surface area contributed by atoms with Crippen LogP contribution in [0.3, 0.4) is 0 Å². The number of rotatable bonds is 5. The van der Waals surface area contributed by atoms with Gasteiger partial charge in [0, 0.05) is 30.6 Å². The topological polar surface area (TPSA) is 83.0 Å². The highest BCUT2D eigenvalue weighted by molar-refractivity contribution is 5.92. The van der Waals surface area contributed by atoms with Crippen LogP contribution in [0, 0.1) is 13.8 Å². The summed E-state index contributed by atoms with van der Waals surface area (Å²) in [7, 11) is 3.40. The number of H-pyrrole nitrogens is 1. The van der Waals surface area contributed by atoms with E-state index in [1.54, 1.807) is 14.1 Å². The number of piperidine rings is 1. The summed E-state index contributed by atoms with van der Waals surface area (Å²) in [4.78, 5) is 29.9. The van der Waals surface area contributed by atoms with Crippen LogP contribution in [0.1, 0.15) is 60.8 Å². The molecule has 176 valence electrons. The monoisotopic (exact) mass is 449 g/mol. The zero-order valence-corrected chi connectivity index (χ0v) is 20.6. The molecule has 3 heterocycles. The molecular formula is C26H35N5O2. The minimum Gasteiger partial charge on any atom is -0.358 e. The molecule has 1 aromatic carbocycles. The molecule has 2 N–H and O–H groups in total. The molecule has 3 aromatic rings. The van der Waals surface area contributed by atoms with Crippen LogP contribution in [0.4, 0.5) is 0 Å². The van der Waals surface area contributed by atoms with E-state index in [9.17, 15) is 9.59 Å². The van der Waals surface area contributed by atoms with Crippen molar-refractivity contribution in [1.29, 1.82) is 0 Å². The van der Waals surface area contributed by atoms with Crippen LogP contribution in [0.15, 0.2) is 23.0 Å². The second kappa shape index (κ2) is 9.14. The highest BCUT2D eigenvalue weighted by atomic mass is 16.2. The molecule has 0 atom stereocenters. The van der Waals surface area contributed by atoms with Crippen molar-refractivity contribution in [3.05, 3.63) is 50.8 Å². The first-order valence-electron chi connectivity index (χ1n) is 11.8. The van der Waals surface area contributed by atoms with Crippen LogP contribution in [0.25, 0.3) is 22.3 Å². The Morgan fingerprint density at radius 2 is 1.91 bits per heavy atom. The third-order valence-corrected chi connectivity index (χ3v) is 7.16. The van der Waals surface area contributed by atoms with Crippen LogP contribution in [-0.4, -0.2) is 52.3 Å². The lowest BCUT2D eigenvalue weighted by atomic mass is 9.87.